The Bertz CT molecular complexity index is 525. The Morgan fingerprint density at radius 1 is 1.35 bits per heavy atom. The van der Waals surface area contributed by atoms with E-state index in [0.29, 0.717) is 12.3 Å². The van der Waals surface area contributed by atoms with Gasteiger partial charge in [-0.3, -0.25) is 4.79 Å². The lowest BCUT2D eigenvalue weighted by atomic mass is 10.0. The molecule has 1 aliphatic rings. The molecular formula is C18H28N2O3. The van der Waals surface area contributed by atoms with Crippen LogP contribution in [0.4, 0.5) is 0 Å². The number of ether oxygens (including phenoxy) is 2. The Morgan fingerprint density at radius 2 is 2.04 bits per heavy atom. The molecule has 0 unspecified atom stereocenters. The van der Waals surface area contributed by atoms with Gasteiger partial charge in [-0.1, -0.05) is 26.0 Å². The maximum absolute atomic E-state index is 12.1. The SMILES string of the molecule is COc1cccc(CNC(=O)[C@@H](N)C(C)C)c1OC1CCCC1. The summed E-state index contributed by atoms with van der Waals surface area (Å²) < 4.78 is 11.6. The van der Waals surface area contributed by atoms with Crippen LogP contribution < -0.4 is 20.5 Å². The van der Waals surface area contributed by atoms with Crippen molar-refractivity contribution in [1.82, 2.24) is 5.32 Å². The molecule has 2 rings (SSSR count). The molecule has 0 aliphatic heterocycles. The Labute approximate surface area is 138 Å². The van der Waals surface area contributed by atoms with E-state index in [1.807, 2.05) is 32.0 Å². The number of hydrogen-bond donors (Lipinski definition) is 2. The summed E-state index contributed by atoms with van der Waals surface area (Å²) in [5.74, 6) is 1.40. The monoisotopic (exact) mass is 320 g/mol. The Kier molecular flexibility index (Phi) is 6.28. The van der Waals surface area contributed by atoms with Crippen molar-refractivity contribution in [2.75, 3.05) is 7.11 Å². The minimum atomic E-state index is -0.500. The number of carbonyl (C=O) groups excluding carboxylic acids is 1. The molecule has 0 aromatic heterocycles. The van der Waals surface area contributed by atoms with E-state index in [0.717, 1.165) is 24.2 Å². The van der Waals surface area contributed by atoms with Crippen molar-refractivity contribution in [3.8, 4) is 11.5 Å². The van der Waals surface area contributed by atoms with Gasteiger partial charge in [0.2, 0.25) is 5.91 Å². The van der Waals surface area contributed by atoms with Crippen molar-refractivity contribution in [2.45, 2.75) is 58.2 Å². The quantitative estimate of drug-likeness (QED) is 0.810. The molecule has 1 atom stereocenters. The summed E-state index contributed by atoms with van der Waals surface area (Å²) >= 11 is 0. The van der Waals surface area contributed by atoms with E-state index in [2.05, 4.69) is 5.32 Å². The molecule has 0 spiro atoms. The van der Waals surface area contributed by atoms with Gasteiger partial charge in [-0.2, -0.15) is 0 Å². The second-order valence-electron chi connectivity index (χ2n) is 6.46. The van der Waals surface area contributed by atoms with Crippen molar-refractivity contribution < 1.29 is 14.3 Å². The Hall–Kier alpha value is -1.75. The number of para-hydroxylation sites is 1. The number of nitrogens with two attached hydrogens (primary N) is 1. The molecule has 5 nitrogen and oxygen atoms in total. The van der Waals surface area contributed by atoms with Gasteiger partial charge < -0.3 is 20.5 Å². The van der Waals surface area contributed by atoms with Gasteiger partial charge in [-0.25, -0.2) is 0 Å². The fraction of sp³-hybridized carbons (Fsp3) is 0.611. The van der Waals surface area contributed by atoms with Crippen LogP contribution in [-0.2, 0) is 11.3 Å². The molecule has 5 heteroatoms. The first kappa shape index (κ1) is 17.6. The van der Waals surface area contributed by atoms with Crippen LogP contribution in [0.15, 0.2) is 18.2 Å². The third-order valence-electron chi connectivity index (χ3n) is 4.34. The molecule has 0 bridgehead atoms. The van der Waals surface area contributed by atoms with E-state index in [9.17, 15) is 4.79 Å². The molecule has 1 aromatic rings. The zero-order valence-electron chi connectivity index (χ0n) is 14.3. The van der Waals surface area contributed by atoms with Crippen LogP contribution in [0, 0.1) is 5.92 Å². The molecule has 0 saturated heterocycles. The van der Waals surface area contributed by atoms with E-state index >= 15 is 0 Å². The lowest BCUT2D eigenvalue weighted by Crippen LogP contribution is -2.43. The van der Waals surface area contributed by atoms with E-state index in [1.54, 1.807) is 7.11 Å². The normalized spacial score (nSPS) is 16.4. The van der Waals surface area contributed by atoms with Gasteiger partial charge in [-0.15, -0.1) is 0 Å². The highest BCUT2D eigenvalue weighted by Gasteiger charge is 2.22. The fourth-order valence-electron chi connectivity index (χ4n) is 2.77. The standard InChI is InChI=1S/C18H28N2O3/c1-12(2)16(19)18(21)20-11-13-7-6-10-15(22-3)17(13)23-14-8-4-5-9-14/h6-7,10,12,14,16H,4-5,8-9,11,19H2,1-3H3,(H,20,21)/t16-/m0/s1. The van der Waals surface area contributed by atoms with Crippen LogP contribution in [0.2, 0.25) is 0 Å². The van der Waals surface area contributed by atoms with Crippen molar-refractivity contribution in [3.05, 3.63) is 23.8 Å². The predicted molar refractivity (Wildman–Crippen MR) is 90.5 cm³/mol. The minimum Gasteiger partial charge on any atom is -0.493 e. The van der Waals surface area contributed by atoms with Gasteiger partial charge in [0, 0.05) is 12.1 Å². The molecule has 0 heterocycles. The van der Waals surface area contributed by atoms with Gasteiger partial charge in [-0.05, 0) is 37.7 Å². The number of methoxy groups -OCH3 is 1. The summed E-state index contributed by atoms with van der Waals surface area (Å²) in [5.41, 5.74) is 6.80. The van der Waals surface area contributed by atoms with Gasteiger partial charge in [0.1, 0.15) is 0 Å². The second-order valence-corrected chi connectivity index (χ2v) is 6.46. The molecule has 1 saturated carbocycles. The summed E-state index contributed by atoms with van der Waals surface area (Å²) in [4.78, 5) is 12.1. The predicted octanol–water partition coefficient (Wildman–Crippen LogP) is 2.62. The van der Waals surface area contributed by atoms with Gasteiger partial charge >= 0.3 is 0 Å². The highest BCUT2D eigenvalue weighted by molar-refractivity contribution is 5.81. The third-order valence-corrected chi connectivity index (χ3v) is 4.34. The molecule has 1 amide bonds. The maximum Gasteiger partial charge on any atom is 0.237 e. The average molecular weight is 320 g/mol. The topological polar surface area (TPSA) is 73.6 Å². The van der Waals surface area contributed by atoms with Crippen LogP contribution in [-0.4, -0.2) is 25.2 Å². The maximum atomic E-state index is 12.1. The van der Waals surface area contributed by atoms with Crippen molar-refractivity contribution in [1.29, 1.82) is 0 Å². The van der Waals surface area contributed by atoms with Gasteiger partial charge in [0.15, 0.2) is 11.5 Å². The summed E-state index contributed by atoms with van der Waals surface area (Å²) in [6, 6.07) is 5.24. The largest absolute Gasteiger partial charge is 0.493 e. The number of benzene rings is 1. The smallest absolute Gasteiger partial charge is 0.237 e. The van der Waals surface area contributed by atoms with Crippen LogP contribution >= 0.6 is 0 Å². The minimum absolute atomic E-state index is 0.106. The number of rotatable bonds is 7. The molecule has 1 aromatic carbocycles. The van der Waals surface area contributed by atoms with Gasteiger partial charge in [0.05, 0.1) is 19.3 Å². The molecule has 3 N–H and O–H groups in total. The van der Waals surface area contributed by atoms with Crippen LogP contribution in [0.5, 0.6) is 11.5 Å². The molecule has 1 aliphatic carbocycles. The Morgan fingerprint density at radius 3 is 2.65 bits per heavy atom. The average Bonchev–Trinajstić information content (AvgIpc) is 3.05. The summed E-state index contributed by atoms with van der Waals surface area (Å²) in [5, 5.41) is 2.90. The van der Waals surface area contributed by atoms with Crippen LogP contribution in [0.1, 0.15) is 45.1 Å². The van der Waals surface area contributed by atoms with Crippen molar-refractivity contribution in [3.63, 3.8) is 0 Å². The van der Waals surface area contributed by atoms with Crippen LogP contribution in [0.25, 0.3) is 0 Å². The third kappa shape index (κ3) is 4.61. The molecule has 0 radical (unpaired) electrons. The fourth-order valence-corrected chi connectivity index (χ4v) is 2.77. The van der Waals surface area contributed by atoms with E-state index in [1.165, 1.54) is 12.8 Å². The van der Waals surface area contributed by atoms with Gasteiger partial charge in [0.25, 0.3) is 0 Å². The second kappa shape index (κ2) is 8.20. The molecule has 1 fully saturated rings. The summed E-state index contributed by atoms with van der Waals surface area (Å²) in [7, 11) is 1.63. The Balaban J connectivity index is 2.09. The lowest BCUT2D eigenvalue weighted by molar-refractivity contribution is -0.123. The first-order valence-electron chi connectivity index (χ1n) is 8.38. The highest BCUT2D eigenvalue weighted by atomic mass is 16.5. The zero-order valence-corrected chi connectivity index (χ0v) is 14.3. The highest BCUT2D eigenvalue weighted by Crippen LogP contribution is 2.34. The van der Waals surface area contributed by atoms with E-state index < -0.39 is 6.04 Å². The van der Waals surface area contributed by atoms with Crippen LogP contribution in [0.3, 0.4) is 0 Å². The molecular weight excluding hydrogens is 292 g/mol. The lowest BCUT2D eigenvalue weighted by Gasteiger charge is -2.20. The summed E-state index contributed by atoms with van der Waals surface area (Å²) in [6.45, 7) is 4.26. The first-order valence-corrected chi connectivity index (χ1v) is 8.38. The van der Waals surface area contributed by atoms with Crippen molar-refractivity contribution >= 4 is 5.91 Å². The van der Waals surface area contributed by atoms with E-state index in [4.69, 9.17) is 15.2 Å². The number of nitrogens with one attached hydrogen (secondary N) is 1. The number of hydrogen-bond acceptors (Lipinski definition) is 4. The molecule has 128 valence electrons. The zero-order chi connectivity index (χ0) is 16.8. The number of amides is 1. The first-order chi connectivity index (χ1) is 11.0. The van der Waals surface area contributed by atoms with Crippen molar-refractivity contribution in [2.24, 2.45) is 11.7 Å². The summed E-state index contributed by atoms with van der Waals surface area (Å²) in [6.07, 6.45) is 4.78. The molecule has 23 heavy (non-hydrogen) atoms. The number of carbonyl (C=O) groups is 1. The van der Waals surface area contributed by atoms with E-state index in [-0.39, 0.29) is 17.9 Å².